The first kappa shape index (κ1) is 14.9. The number of hydrogen-bond acceptors (Lipinski definition) is 3. The third-order valence-corrected chi connectivity index (χ3v) is 3.59. The Morgan fingerprint density at radius 3 is 2.60 bits per heavy atom. The summed E-state index contributed by atoms with van der Waals surface area (Å²) in [6.07, 6.45) is 1.43. The van der Waals surface area contributed by atoms with Gasteiger partial charge in [-0.15, -0.1) is 0 Å². The molecule has 1 aromatic heterocycles. The molecule has 2 N–H and O–H groups in total. The Labute approximate surface area is 130 Å². The predicted octanol–water partition coefficient (Wildman–Crippen LogP) is 4.35. The van der Waals surface area contributed by atoms with Crippen molar-refractivity contribution in [2.45, 2.75) is 6.54 Å². The van der Waals surface area contributed by atoms with Crippen LogP contribution in [0, 0.1) is 0 Å². The van der Waals surface area contributed by atoms with Gasteiger partial charge in [-0.05, 0) is 29.8 Å². The number of carbonyl (C=O) groups is 1. The third kappa shape index (κ3) is 3.54. The number of anilines is 1. The van der Waals surface area contributed by atoms with Gasteiger partial charge in [0.2, 0.25) is 0 Å². The summed E-state index contributed by atoms with van der Waals surface area (Å²) in [5.41, 5.74) is 1.40. The van der Waals surface area contributed by atoms with Crippen LogP contribution in [0.2, 0.25) is 15.1 Å². The second kappa shape index (κ2) is 6.31. The molecule has 2 rings (SSSR count). The van der Waals surface area contributed by atoms with E-state index >= 15 is 0 Å². The van der Waals surface area contributed by atoms with E-state index in [1.807, 2.05) is 0 Å². The number of halogens is 3. The summed E-state index contributed by atoms with van der Waals surface area (Å²) in [4.78, 5) is 14.5. The molecule has 2 aromatic rings. The van der Waals surface area contributed by atoms with Gasteiger partial charge in [0.25, 0.3) is 0 Å². The molecule has 4 nitrogen and oxygen atoms in total. The molecule has 0 fully saturated rings. The minimum Gasteiger partial charge on any atom is -0.477 e. The molecule has 0 bridgehead atoms. The average molecular weight is 332 g/mol. The highest BCUT2D eigenvalue weighted by Crippen LogP contribution is 2.30. The smallest absolute Gasteiger partial charge is 0.354 e. The van der Waals surface area contributed by atoms with Gasteiger partial charge in [0, 0.05) is 11.6 Å². The lowest BCUT2D eigenvalue weighted by Crippen LogP contribution is -2.03. The molecule has 0 aliphatic rings. The summed E-state index contributed by atoms with van der Waals surface area (Å²) < 4.78 is 0. The topological polar surface area (TPSA) is 62.2 Å². The molecule has 104 valence electrons. The van der Waals surface area contributed by atoms with Crippen molar-refractivity contribution in [1.82, 2.24) is 4.98 Å². The first-order chi connectivity index (χ1) is 9.47. The predicted molar refractivity (Wildman–Crippen MR) is 80.0 cm³/mol. The first-order valence-corrected chi connectivity index (χ1v) is 6.67. The van der Waals surface area contributed by atoms with Crippen LogP contribution in [0.15, 0.2) is 30.5 Å². The maximum absolute atomic E-state index is 10.7. The number of hydrogen-bond donors (Lipinski definition) is 2. The largest absolute Gasteiger partial charge is 0.477 e. The van der Waals surface area contributed by atoms with Gasteiger partial charge in [-0.3, -0.25) is 0 Å². The first-order valence-electron chi connectivity index (χ1n) is 5.54. The van der Waals surface area contributed by atoms with Crippen LogP contribution in [0.4, 0.5) is 5.69 Å². The fourth-order valence-corrected chi connectivity index (χ4v) is 2.27. The zero-order valence-corrected chi connectivity index (χ0v) is 12.3. The molecule has 0 aliphatic heterocycles. The van der Waals surface area contributed by atoms with Crippen LogP contribution in [0.5, 0.6) is 0 Å². The molecule has 0 spiro atoms. The van der Waals surface area contributed by atoms with E-state index in [0.717, 1.165) is 5.56 Å². The Morgan fingerprint density at radius 2 is 2.00 bits per heavy atom. The standard InChI is InChI=1S/C13H9Cl3N2O2/c14-8-3-7(12(16)10(15)4-8)5-17-9-1-2-11(13(19)20)18-6-9/h1-4,6,17H,5H2,(H,19,20). The van der Waals surface area contributed by atoms with E-state index < -0.39 is 5.97 Å². The van der Waals surface area contributed by atoms with Crippen molar-refractivity contribution >= 4 is 46.5 Å². The Hall–Kier alpha value is -1.49. The lowest BCUT2D eigenvalue weighted by molar-refractivity contribution is 0.0690. The second-order valence-corrected chi connectivity index (χ2v) is 5.17. The molecule has 0 saturated carbocycles. The lowest BCUT2D eigenvalue weighted by Gasteiger charge is -2.09. The van der Waals surface area contributed by atoms with Crippen LogP contribution < -0.4 is 5.32 Å². The summed E-state index contributed by atoms with van der Waals surface area (Å²) >= 11 is 17.9. The van der Waals surface area contributed by atoms with Gasteiger partial charge in [-0.1, -0.05) is 34.8 Å². The molecule has 0 atom stereocenters. The van der Waals surface area contributed by atoms with Crippen molar-refractivity contribution in [1.29, 1.82) is 0 Å². The maximum Gasteiger partial charge on any atom is 0.354 e. The van der Waals surface area contributed by atoms with Gasteiger partial charge in [0.15, 0.2) is 0 Å². The van der Waals surface area contributed by atoms with Gasteiger partial charge in [0.05, 0.1) is 21.9 Å². The number of aromatic carboxylic acids is 1. The number of benzene rings is 1. The van der Waals surface area contributed by atoms with Crippen LogP contribution >= 0.6 is 34.8 Å². The highest BCUT2D eigenvalue weighted by Gasteiger charge is 2.08. The highest BCUT2D eigenvalue weighted by molar-refractivity contribution is 6.43. The monoisotopic (exact) mass is 330 g/mol. The quantitative estimate of drug-likeness (QED) is 0.818. The number of carboxylic acid groups (broad SMARTS) is 1. The van der Waals surface area contributed by atoms with E-state index in [1.165, 1.54) is 12.3 Å². The Bertz CT molecular complexity index is 645. The summed E-state index contributed by atoms with van der Waals surface area (Å²) in [7, 11) is 0. The Morgan fingerprint density at radius 1 is 1.25 bits per heavy atom. The molecule has 1 aromatic carbocycles. The second-order valence-electron chi connectivity index (χ2n) is 3.95. The summed E-state index contributed by atoms with van der Waals surface area (Å²) in [5, 5.41) is 13.1. The van der Waals surface area contributed by atoms with Gasteiger partial charge in [0.1, 0.15) is 5.69 Å². The van der Waals surface area contributed by atoms with E-state index in [2.05, 4.69) is 10.3 Å². The number of pyridine rings is 1. The highest BCUT2D eigenvalue weighted by atomic mass is 35.5. The van der Waals surface area contributed by atoms with Crippen molar-refractivity contribution in [3.05, 3.63) is 56.8 Å². The van der Waals surface area contributed by atoms with Crippen LogP contribution in [0.3, 0.4) is 0 Å². The molecule has 0 unspecified atom stereocenters. The Kier molecular flexibility index (Phi) is 4.70. The van der Waals surface area contributed by atoms with Crippen molar-refractivity contribution in [2.24, 2.45) is 0 Å². The van der Waals surface area contributed by atoms with Gasteiger partial charge in [-0.2, -0.15) is 0 Å². The average Bonchev–Trinajstić information content (AvgIpc) is 2.41. The van der Waals surface area contributed by atoms with E-state index in [-0.39, 0.29) is 5.69 Å². The Balaban J connectivity index is 2.11. The number of carboxylic acids is 1. The van der Waals surface area contributed by atoms with E-state index in [9.17, 15) is 4.79 Å². The molecular weight excluding hydrogens is 323 g/mol. The van der Waals surface area contributed by atoms with Crippen molar-refractivity contribution in [2.75, 3.05) is 5.32 Å². The fourth-order valence-electron chi connectivity index (χ4n) is 1.56. The van der Waals surface area contributed by atoms with Crippen molar-refractivity contribution < 1.29 is 9.90 Å². The van der Waals surface area contributed by atoms with E-state index in [4.69, 9.17) is 39.9 Å². The van der Waals surface area contributed by atoms with Crippen LogP contribution in [-0.2, 0) is 6.54 Å². The SMILES string of the molecule is O=C(O)c1ccc(NCc2cc(Cl)cc(Cl)c2Cl)cn1. The molecule has 0 aliphatic carbocycles. The zero-order valence-electron chi connectivity index (χ0n) is 10.0. The maximum atomic E-state index is 10.7. The molecule has 0 radical (unpaired) electrons. The van der Waals surface area contributed by atoms with Crippen molar-refractivity contribution in [3.8, 4) is 0 Å². The van der Waals surface area contributed by atoms with Crippen molar-refractivity contribution in [3.63, 3.8) is 0 Å². The summed E-state index contributed by atoms with van der Waals surface area (Å²) in [5.74, 6) is -1.07. The third-order valence-electron chi connectivity index (χ3n) is 2.53. The number of rotatable bonds is 4. The van der Waals surface area contributed by atoms with Gasteiger partial charge < -0.3 is 10.4 Å². The number of nitrogens with one attached hydrogen (secondary N) is 1. The molecule has 0 saturated heterocycles. The number of nitrogens with zero attached hydrogens (tertiary/aromatic N) is 1. The number of aromatic nitrogens is 1. The van der Waals surface area contributed by atoms with Gasteiger partial charge >= 0.3 is 5.97 Å². The minimum absolute atomic E-state index is 0.0145. The van der Waals surface area contributed by atoms with E-state index in [0.29, 0.717) is 27.3 Å². The normalized spacial score (nSPS) is 10.3. The fraction of sp³-hybridized carbons (Fsp3) is 0.0769. The molecule has 7 heteroatoms. The summed E-state index contributed by atoms with van der Waals surface area (Å²) in [6.45, 7) is 0.396. The summed E-state index contributed by atoms with van der Waals surface area (Å²) in [6, 6.07) is 6.31. The van der Waals surface area contributed by atoms with Gasteiger partial charge in [-0.25, -0.2) is 9.78 Å². The molecule has 20 heavy (non-hydrogen) atoms. The van der Waals surface area contributed by atoms with Crippen LogP contribution in [0.1, 0.15) is 16.1 Å². The minimum atomic E-state index is -1.07. The molecule has 0 amide bonds. The lowest BCUT2D eigenvalue weighted by atomic mass is 10.2. The molecule has 1 heterocycles. The zero-order chi connectivity index (χ0) is 14.7. The van der Waals surface area contributed by atoms with Crippen LogP contribution in [0.25, 0.3) is 0 Å². The van der Waals surface area contributed by atoms with Crippen LogP contribution in [-0.4, -0.2) is 16.1 Å². The van der Waals surface area contributed by atoms with E-state index in [1.54, 1.807) is 18.2 Å². The molecular formula is C13H9Cl3N2O2.